The molecule has 3 fully saturated rings. The number of imidazole rings is 2. The largest absolute Gasteiger partial charge is 0.409 e. The average molecular weight is 1050 g/mol. The second-order valence-corrected chi connectivity index (χ2v) is 17.7. The van der Waals surface area contributed by atoms with Crippen LogP contribution in [0.3, 0.4) is 0 Å². The monoisotopic (exact) mass is 1050 g/mol. The summed E-state index contributed by atoms with van der Waals surface area (Å²) >= 11 is 0. The summed E-state index contributed by atoms with van der Waals surface area (Å²) in [5.74, 6) is 10.5. The van der Waals surface area contributed by atoms with Gasteiger partial charge in [0.1, 0.15) is 57.3 Å². The number of nitrogens with one attached hydrogen (secondary N) is 3. The van der Waals surface area contributed by atoms with Gasteiger partial charge in [0.25, 0.3) is 29.5 Å². The minimum atomic E-state index is -0.897. The van der Waals surface area contributed by atoms with Gasteiger partial charge in [-0.1, -0.05) is 48.2 Å². The zero-order valence-electron chi connectivity index (χ0n) is 42.3. The van der Waals surface area contributed by atoms with Crippen LogP contribution < -0.4 is 27.4 Å². The molecule has 0 saturated carbocycles. The highest BCUT2D eigenvalue weighted by Gasteiger charge is 2.34. The summed E-state index contributed by atoms with van der Waals surface area (Å²) in [6.45, 7) is 4.71. The minimum absolute atomic E-state index is 0.0890. The van der Waals surface area contributed by atoms with Crippen molar-refractivity contribution >= 4 is 69.8 Å². The lowest BCUT2D eigenvalue weighted by atomic mass is 10.1. The van der Waals surface area contributed by atoms with Crippen LogP contribution in [-0.4, -0.2) is 97.3 Å². The molecule has 22 heteroatoms. The molecule has 0 spiro atoms. The number of nitrogen functional groups attached to an aromatic ring is 2. The Bertz CT molecular complexity index is 3670. The quantitative estimate of drug-likeness (QED) is 0.0821. The second-order valence-electron chi connectivity index (χ2n) is 17.7. The van der Waals surface area contributed by atoms with Gasteiger partial charge in [0.2, 0.25) is 0 Å². The van der Waals surface area contributed by atoms with E-state index in [-0.39, 0.29) is 42.6 Å². The molecule has 22 nitrogen and oxygen atoms in total. The minimum Gasteiger partial charge on any atom is -0.382 e. The lowest BCUT2D eigenvalue weighted by molar-refractivity contribution is -0.193. The first-order valence-corrected chi connectivity index (χ1v) is 24.8. The number of anilines is 4. The van der Waals surface area contributed by atoms with E-state index in [0.717, 1.165) is 60.4 Å². The van der Waals surface area contributed by atoms with Crippen LogP contribution in [0.5, 0.6) is 0 Å². The zero-order chi connectivity index (χ0) is 54.7. The first-order chi connectivity index (χ1) is 37.9. The Labute approximate surface area is 446 Å². The Morgan fingerprint density at radius 3 is 1.65 bits per heavy atom. The number of nitrogens with two attached hydrogens (primary N) is 2. The third-order valence-corrected chi connectivity index (χ3v) is 12.7. The number of rotatable bonds is 9. The maximum atomic E-state index is 12.6. The Balaban J connectivity index is 0.000000156. The van der Waals surface area contributed by atoms with Gasteiger partial charge in [-0.3, -0.25) is 32.8 Å². The number of likely N-dealkylation sites (tertiary alicyclic amines) is 1. The Kier molecular flexibility index (Phi) is 16.1. The highest BCUT2D eigenvalue weighted by Crippen LogP contribution is 2.37. The van der Waals surface area contributed by atoms with Gasteiger partial charge < -0.3 is 37.2 Å². The van der Waals surface area contributed by atoms with Crippen LogP contribution in [0.4, 0.5) is 23.3 Å². The summed E-state index contributed by atoms with van der Waals surface area (Å²) in [5, 5.41) is 9.52. The molecule has 5 amide bonds. The van der Waals surface area contributed by atoms with Gasteiger partial charge in [-0.2, -0.15) is 0 Å². The number of nitrogens with zero attached hydrogens (tertiary/aromatic N) is 10. The number of hydrogen-bond donors (Lipinski definition) is 5. The lowest BCUT2D eigenvalue weighted by Gasteiger charge is -2.21. The SMILES string of the molecule is CC#CC(=O)N1CCC[C@H]1c1nc(-c2ccc(C(=O)Nc3ccccn3)cc2)c2c(N)nccn12.CC#CC(=O)ON1C(=O)CCC1=O.Nc1nccn2c([C@@H]3CCCN3)nc(-c3ccc(C(=O)Nc4ccccn4)cc3)c12. The van der Waals surface area contributed by atoms with E-state index < -0.39 is 17.8 Å². The molecular weight excluding hydrogens is 995 g/mol. The third kappa shape index (κ3) is 11.6. The molecule has 9 heterocycles. The molecule has 0 aliphatic carbocycles. The summed E-state index contributed by atoms with van der Waals surface area (Å²) in [4.78, 5) is 103. The molecule has 78 heavy (non-hydrogen) atoms. The van der Waals surface area contributed by atoms with Crippen LogP contribution in [0.2, 0.25) is 0 Å². The number of hydrogen-bond acceptors (Lipinski definition) is 16. The van der Waals surface area contributed by atoms with Crippen LogP contribution in [0.1, 0.15) is 96.8 Å². The number of fused-ring (bicyclic) bond motifs is 2. The molecule has 2 atom stereocenters. The first kappa shape index (κ1) is 52.5. The number of amides is 5. The maximum absolute atomic E-state index is 12.6. The third-order valence-electron chi connectivity index (χ3n) is 12.7. The molecule has 3 saturated heterocycles. The van der Waals surface area contributed by atoms with E-state index >= 15 is 0 Å². The maximum Gasteiger partial charge on any atom is 0.409 e. The molecule has 2 aromatic carbocycles. The standard InChI is InChI=1S/C26H23N7O2.C22H21N7O.C8H7NO4/c1-2-6-21(34)32-15-5-7-19(32)25-31-22(23-24(27)29-14-16-33(23)25)17-9-11-18(12-10-17)26(35)30-20-8-3-4-13-28-20;23-20-19-18(28-21(16-4-3-11-24-16)29(19)13-12-26-20)14-6-8-15(9-7-14)22(30)27-17-5-1-2-10-25-17;1-2-3-8(12)13-9-6(10)4-5-7(9)11/h3-4,8-14,16,19H,5,7,15H2,1H3,(H2,27,29)(H,28,30,35);1-2,5-10,12-13,16,24H,3-4,11H2,(H2,23,26)(H,25,27,30);4-5H2,1H3/t19-;16-;/m00./s1. The van der Waals surface area contributed by atoms with E-state index in [0.29, 0.717) is 63.0 Å². The number of benzene rings is 2. The van der Waals surface area contributed by atoms with Crippen LogP contribution in [0.25, 0.3) is 33.5 Å². The summed E-state index contributed by atoms with van der Waals surface area (Å²) in [6.07, 6.45) is 14.2. The highest BCUT2D eigenvalue weighted by atomic mass is 16.7. The fraction of sp³-hybridized carbons (Fsp3) is 0.214. The highest BCUT2D eigenvalue weighted by molar-refractivity contribution is 6.05. The Hall–Kier alpha value is -10.3. The number of carbonyl (C=O) groups excluding carboxylic acids is 6. The van der Waals surface area contributed by atoms with Gasteiger partial charge >= 0.3 is 5.97 Å². The molecule has 6 aromatic heterocycles. The van der Waals surface area contributed by atoms with E-state index in [2.05, 4.69) is 64.4 Å². The topological polar surface area (TPSA) is 292 Å². The number of imide groups is 1. The lowest BCUT2D eigenvalue weighted by Crippen LogP contribution is -2.31. The van der Waals surface area contributed by atoms with Gasteiger partial charge in [0, 0.05) is 84.7 Å². The van der Waals surface area contributed by atoms with Crippen molar-refractivity contribution in [2.24, 2.45) is 0 Å². The summed E-state index contributed by atoms with van der Waals surface area (Å²) in [5.41, 5.74) is 18.0. The van der Waals surface area contributed by atoms with E-state index in [1.165, 1.54) is 6.92 Å². The predicted molar refractivity (Wildman–Crippen MR) is 288 cm³/mol. The first-order valence-electron chi connectivity index (χ1n) is 24.8. The summed E-state index contributed by atoms with van der Waals surface area (Å²) in [7, 11) is 0. The molecule has 8 aromatic rings. The van der Waals surface area contributed by atoms with Gasteiger partial charge in [-0.05, 0) is 101 Å². The summed E-state index contributed by atoms with van der Waals surface area (Å²) in [6, 6.07) is 25.1. The van der Waals surface area contributed by atoms with Crippen LogP contribution >= 0.6 is 0 Å². The zero-order valence-corrected chi connectivity index (χ0v) is 42.3. The summed E-state index contributed by atoms with van der Waals surface area (Å²) < 4.78 is 3.91. The van der Waals surface area contributed by atoms with E-state index in [1.54, 1.807) is 97.4 Å². The number of hydroxylamine groups is 2. The van der Waals surface area contributed by atoms with Crippen molar-refractivity contribution in [1.29, 1.82) is 0 Å². The number of carbonyl (C=O) groups is 6. The van der Waals surface area contributed by atoms with Crippen molar-refractivity contribution in [2.75, 3.05) is 35.2 Å². The van der Waals surface area contributed by atoms with Crippen molar-refractivity contribution in [3.05, 3.63) is 145 Å². The second kappa shape index (κ2) is 23.9. The molecule has 3 aliphatic heterocycles. The number of pyridine rings is 2. The van der Waals surface area contributed by atoms with E-state index in [4.69, 9.17) is 21.4 Å². The molecule has 0 radical (unpaired) electrons. The van der Waals surface area contributed by atoms with Crippen LogP contribution in [0, 0.1) is 23.7 Å². The Morgan fingerprint density at radius 2 is 1.17 bits per heavy atom. The van der Waals surface area contributed by atoms with Crippen molar-refractivity contribution < 1.29 is 33.6 Å². The average Bonchev–Trinajstić information content (AvgIpc) is 4.41. The predicted octanol–water partition coefficient (Wildman–Crippen LogP) is 5.98. The van der Waals surface area contributed by atoms with Gasteiger partial charge in [0.15, 0.2) is 0 Å². The van der Waals surface area contributed by atoms with E-state index in [1.807, 2.05) is 45.3 Å². The smallest absolute Gasteiger partial charge is 0.382 e. The molecule has 11 rings (SSSR count). The van der Waals surface area contributed by atoms with Crippen molar-refractivity contribution in [3.63, 3.8) is 0 Å². The van der Waals surface area contributed by atoms with Gasteiger partial charge in [-0.15, -0.1) is 5.06 Å². The van der Waals surface area contributed by atoms with Gasteiger partial charge in [-0.25, -0.2) is 34.7 Å². The van der Waals surface area contributed by atoms with Crippen molar-refractivity contribution in [3.8, 4) is 46.2 Å². The van der Waals surface area contributed by atoms with Crippen LogP contribution in [-0.2, 0) is 24.0 Å². The fourth-order valence-electron chi connectivity index (χ4n) is 9.09. The van der Waals surface area contributed by atoms with E-state index in [9.17, 15) is 28.8 Å². The van der Waals surface area contributed by atoms with Crippen molar-refractivity contribution in [2.45, 2.75) is 64.5 Å². The molecule has 0 unspecified atom stereocenters. The molecule has 0 bridgehead atoms. The molecule has 7 N–H and O–H groups in total. The Morgan fingerprint density at radius 1 is 0.641 bits per heavy atom. The van der Waals surface area contributed by atoms with Crippen molar-refractivity contribution in [1.82, 2.24) is 54.0 Å². The van der Waals surface area contributed by atoms with Gasteiger partial charge in [0.05, 0.1) is 12.1 Å². The molecule has 392 valence electrons. The molecule has 3 aliphatic rings. The van der Waals surface area contributed by atoms with Crippen LogP contribution in [0.15, 0.2) is 122 Å². The molecular formula is C56H51N15O7. The number of aromatic nitrogens is 8. The normalized spacial score (nSPS) is 15.5. The fourth-order valence-corrected chi connectivity index (χ4v) is 9.09.